The quantitative estimate of drug-likeness (QED) is 0.251. The summed E-state index contributed by atoms with van der Waals surface area (Å²) in [6, 6.07) is 34.3. The lowest BCUT2D eigenvalue weighted by molar-refractivity contribution is -0.00661. The van der Waals surface area contributed by atoms with Crippen LogP contribution in [0.1, 0.15) is 32.8 Å². The minimum absolute atomic E-state index is 0.364. The molecule has 4 aromatic rings. The molecule has 5 rings (SSSR count). The number of hydrogen-bond acceptors (Lipinski definition) is 3. The lowest BCUT2D eigenvalue weighted by atomic mass is 9.84. The maximum atomic E-state index is 6.13. The van der Waals surface area contributed by atoms with E-state index in [1.54, 1.807) is 5.98 Å². The average molecular weight is 473 g/mol. The second kappa shape index (κ2) is 9.81. The fourth-order valence-electron chi connectivity index (χ4n) is 4.72. The highest BCUT2D eigenvalue weighted by molar-refractivity contribution is 6.51. The fraction of sp³-hybridized carbons (Fsp3) is 0.188. The van der Waals surface area contributed by atoms with Crippen molar-refractivity contribution in [2.45, 2.75) is 38.4 Å². The van der Waals surface area contributed by atoms with Crippen LogP contribution in [0, 0.1) is 0 Å². The number of rotatable bonds is 7. The first-order valence-electron chi connectivity index (χ1n) is 12.5. The highest BCUT2D eigenvalue weighted by Crippen LogP contribution is 2.40. The van der Waals surface area contributed by atoms with Crippen LogP contribution in [0.2, 0.25) is 0 Å². The normalized spacial score (nSPS) is 19.1. The van der Waals surface area contributed by atoms with E-state index in [9.17, 15) is 0 Å². The first-order chi connectivity index (χ1) is 17.4. The second-order valence-corrected chi connectivity index (χ2v) is 9.98. The van der Waals surface area contributed by atoms with Gasteiger partial charge in [0.25, 0.3) is 0 Å². The first-order valence-corrected chi connectivity index (χ1v) is 12.5. The molecule has 1 saturated heterocycles. The number of hydrogen-bond donors (Lipinski definition) is 0. The van der Waals surface area contributed by atoms with Crippen molar-refractivity contribution in [3.8, 4) is 0 Å². The highest BCUT2D eigenvalue weighted by atomic mass is 16.7. The van der Waals surface area contributed by atoms with Gasteiger partial charge in [-0.15, -0.1) is 6.58 Å². The molecule has 180 valence electrons. The van der Waals surface area contributed by atoms with Crippen molar-refractivity contribution in [3.63, 3.8) is 0 Å². The van der Waals surface area contributed by atoms with E-state index >= 15 is 0 Å². The summed E-state index contributed by atoms with van der Waals surface area (Å²) in [6.45, 7) is 10.1. The van der Waals surface area contributed by atoms with Gasteiger partial charge in [0.1, 0.15) is 0 Å². The molecular formula is C32H32BNO2. The largest absolute Gasteiger partial charge is 0.486 e. The molecule has 0 spiro atoms. The lowest BCUT2D eigenvalue weighted by Gasteiger charge is -2.35. The van der Waals surface area contributed by atoms with Crippen LogP contribution in [-0.4, -0.2) is 18.3 Å². The monoisotopic (exact) mass is 473 g/mol. The number of para-hydroxylation sites is 1. The summed E-state index contributed by atoms with van der Waals surface area (Å²) in [5.74, 6) is 1.71. The van der Waals surface area contributed by atoms with Crippen molar-refractivity contribution < 1.29 is 9.31 Å². The van der Waals surface area contributed by atoms with E-state index in [1.165, 1.54) is 10.8 Å². The van der Waals surface area contributed by atoms with Crippen LogP contribution in [0.3, 0.4) is 0 Å². The van der Waals surface area contributed by atoms with Gasteiger partial charge in [0.2, 0.25) is 0 Å². The van der Waals surface area contributed by atoms with Gasteiger partial charge < -0.3 is 14.2 Å². The molecule has 0 N–H and O–H groups in total. The third-order valence-corrected chi connectivity index (χ3v) is 7.23. The van der Waals surface area contributed by atoms with E-state index in [-0.39, 0.29) is 7.12 Å². The maximum absolute atomic E-state index is 6.13. The highest BCUT2D eigenvalue weighted by Gasteiger charge is 2.52. The number of anilines is 3. The molecule has 1 aliphatic rings. The van der Waals surface area contributed by atoms with Gasteiger partial charge in [0.05, 0.1) is 11.2 Å². The van der Waals surface area contributed by atoms with E-state index in [4.69, 9.17) is 9.31 Å². The Kier molecular flexibility index (Phi) is 6.57. The van der Waals surface area contributed by atoms with E-state index in [1.807, 2.05) is 6.07 Å². The molecule has 0 saturated carbocycles. The molecule has 4 heteroatoms. The molecule has 0 aromatic heterocycles. The number of fused-ring (bicyclic) bond motifs is 1. The summed E-state index contributed by atoms with van der Waals surface area (Å²) >= 11 is 0. The fourth-order valence-corrected chi connectivity index (χ4v) is 4.72. The Morgan fingerprint density at radius 1 is 0.750 bits per heavy atom. The Labute approximate surface area is 214 Å². The van der Waals surface area contributed by atoms with Gasteiger partial charge in [-0.2, -0.15) is 0 Å². The zero-order valence-corrected chi connectivity index (χ0v) is 21.2. The van der Waals surface area contributed by atoms with Crippen molar-refractivity contribution in [1.82, 2.24) is 0 Å². The van der Waals surface area contributed by atoms with Crippen LogP contribution in [-0.2, 0) is 9.31 Å². The van der Waals surface area contributed by atoms with Gasteiger partial charge >= 0.3 is 7.12 Å². The smallest absolute Gasteiger partial charge is 0.400 e. The summed E-state index contributed by atoms with van der Waals surface area (Å²) < 4.78 is 12.1. The SMILES string of the molecule is C=CB1OC(C)(C)C(C)(C/C=C/c2ccc(N(c3ccccc3)c3ccc4ccccc4c3)cc2)O1. The van der Waals surface area contributed by atoms with Crippen molar-refractivity contribution >= 4 is 41.0 Å². The van der Waals surface area contributed by atoms with Gasteiger partial charge in [0, 0.05) is 17.1 Å². The van der Waals surface area contributed by atoms with Crippen LogP contribution in [0.15, 0.2) is 116 Å². The van der Waals surface area contributed by atoms with Crippen molar-refractivity contribution in [3.05, 3.63) is 121 Å². The minimum Gasteiger partial charge on any atom is -0.400 e. The van der Waals surface area contributed by atoms with Gasteiger partial charge in [-0.3, -0.25) is 0 Å². The van der Waals surface area contributed by atoms with Gasteiger partial charge in [-0.1, -0.05) is 78.8 Å². The Hall–Kier alpha value is -3.60. The zero-order valence-electron chi connectivity index (χ0n) is 21.2. The predicted octanol–water partition coefficient (Wildman–Crippen LogP) is 8.51. The van der Waals surface area contributed by atoms with Gasteiger partial charge in [0.15, 0.2) is 0 Å². The number of nitrogens with zero attached hydrogens (tertiary/aromatic N) is 1. The predicted molar refractivity (Wildman–Crippen MR) is 153 cm³/mol. The van der Waals surface area contributed by atoms with Crippen LogP contribution < -0.4 is 4.90 Å². The van der Waals surface area contributed by atoms with Crippen LogP contribution in [0.25, 0.3) is 16.8 Å². The van der Waals surface area contributed by atoms with Gasteiger partial charge in [-0.05, 0) is 79.9 Å². The maximum Gasteiger partial charge on any atom is 0.486 e. The molecule has 1 fully saturated rings. The summed E-state index contributed by atoms with van der Waals surface area (Å²) in [4.78, 5) is 2.29. The summed E-state index contributed by atoms with van der Waals surface area (Å²) in [5.41, 5.74) is 3.71. The molecule has 1 atom stereocenters. The molecule has 4 aromatic carbocycles. The van der Waals surface area contributed by atoms with E-state index in [2.05, 4.69) is 135 Å². The molecule has 1 unspecified atom stereocenters. The van der Waals surface area contributed by atoms with E-state index in [0.717, 1.165) is 29.0 Å². The van der Waals surface area contributed by atoms with Crippen LogP contribution in [0.5, 0.6) is 0 Å². The number of benzene rings is 4. The van der Waals surface area contributed by atoms with Crippen molar-refractivity contribution in [1.29, 1.82) is 0 Å². The molecule has 1 aliphatic heterocycles. The third-order valence-electron chi connectivity index (χ3n) is 7.23. The van der Waals surface area contributed by atoms with Crippen LogP contribution >= 0.6 is 0 Å². The molecule has 36 heavy (non-hydrogen) atoms. The molecule has 0 aliphatic carbocycles. The van der Waals surface area contributed by atoms with Crippen molar-refractivity contribution in [2.75, 3.05) is 4.90 Å². The zero-order chi connectivity index (χ0) is 25.2. The topological polar surface area (TPSA) is 21.7 Å². The van der Waals surface area contributed by atoms with E-state index in [0.29, 0.717) is 0 Å². The summed E-state index contributed by atoms with van der Waals surface area (Å²) in [7, 11) is -0.364. The summed E-state index contributed by atoms with van der Waals surface area (Å²) in [6.07, 6.45) is 5.07. The van der Waals surface area contributed by atoms with Gasteiger partial charge in [-0.25, -0.2) is 0 Å². The Bertz CT molecular complexity index is 1380. The Morgan fingerprint density at radius 2 is 1.39 bits per heavy atom. The molecule has 1 heterocycles. The lowest BCUT2D eigenvalue weighted by Crippen LogP contribution is -2.44. The van der Waals surface area contributed by atoms with Crippen molar-refractivity contribution in [2.24, 2.45) is 0 Å². The second-order valence-electron chi connectivity index (χ2n) is 9.98. The molecule has 0 bridgehead atoms. The Balaban J connectivity index is 1.40. The molecule has 0 amide bonds. The molecule has 3 nitrogen and oxygen atoms in total. The average Bonchev–Trinajstić information content (AvgIpc) is 3.13. The standard InChI is InChI=1S/C32H32BNO2/c1-5-33-35-31(2,3)32(4,36-33)23-11-12-25-17-20-29(21-18-25)34(28-15-7-6-8-16-28)30-22-19-26-13-9-10-14-27(26)24-30/h5-22,24H,1,23H2,2-4H3/b12-11+. The summed E-state index contributed by atoms with van der Waals surface area (Å²) in [5, 5.41) is 2.46. The van der Waals surface area contributed by atoms with E-state index < -0.39 is 11.2 Å². The minimum atomic E-state index is -0.414. The van der Waals surface area contributed by atoms with Crippen LogP contribution in [0.4, 0.5) is 17.1 Å². The first kappa shape index (κ1) is 24.1. The molecular weight excluding hydrogens is 441 g/mol. The Morgan fingerprint density at radius 3 is 2.08 bits per heavy atom. The third kappa shape index (κ3) is 4.75. The molecule has 0 radical (unpaired) electrons.